The van der Waals surface area contributed by atoms with Gasteiger partial charge in [0.15, 0.2) is 0 Å². The molecule has 1 unspecified atom stereocenters. The highest BCUT2D eigenvalue weighted by Gasteiger charge is 2.42. The number of anilines is 2. The van der Waals surface area contributed by atoms with E-state index >= 15 is 0 Å². The topological polar surface area (TPSA) is 69.7 Å². The molecule has 0 saturated carbocycles. The van der Waals surface area contributed by atoms with Crippen molar-refractivity contribution in [2.24, 2.45) is 5.92 Å². The molecule has 3 amide bonds. The maximum Gasteiger partial charge on any atom is 0.267 e. The standard InChI is InChI=1S/C29H33N3O3S2/c1-5-7-13-20(6-2)16-32-28(35)26(37-29(32)36)24-21-14-8-9-15-22(21)31(27(24)34)17-23(33)30-25-18(3)11-10-12-19(25)4/h8-12,14-15,20H,5-7,13,16-17H2,1-4H3,(H,30,33)/b26-24-. The number of rotatable bonds is 9. The molecule has 37 heavy (non-hydrogen) atoms. The summed E-state index contributed by atoms with van der Waals surface area (Å²) >= 11 is 6.78. The Bertz CT molecular complexity index is 1270. The Hall–Kier alpha value is -2.97. The Morgan fingerprint density at radius 2 is 1.70 bits per heavy atom. The highest BCUT2D eigenvalue weighted by molar-refractivity contribution is 8.26. The third kappa shape index (κ3) is 5.50. The van der Waals surface area contributed by atoms with Gasteiger partial charge in [-0.15, -0.1) is 0 Å². The van der Waals surface area contributed by atoms with E-state index in [4.69, 9.17) is 12.2 Å². The van der Waals surface area contributed by atoms with Crippen molar-refractivity contribution < 1.29 is 14.4 Å². The quantitative estimate of drug-likeness (QED) is 0.311. The molecule has 2 aromatic carbocycles. The molecule has 2 aromatic rings. The zero-order chi connectivity index (χ0) is 26.7. The fourth-order valence-electron chi connectivity index (χ4n) is 4.87. The maximum absolute atomic E-state index is 13.7. The van der Waals surface area contributed by atoms with Crippen LogP contribution in [-0.4, -0.2) is 40.0 Å². The lowest BCUT2D eigenvalue weighted by Gasteiger charge is -2.21. The number of hydrogen-bond acceptors (Lipinski definition) is 5. The van der Waals surface area contributed by atoms with E-state index < -0.39 is 0 Å². The van der Waals surface area contributed by atoms with Crippen LogP contribution < -0.4 is 10.2 Å². The van der Waals surface area contributed by atoms with Crippen molar-refractivity contribution in [1.82, 2.24) is 4.90 Å². The number of amides is 3. The number of carbonyl (C=O) groups excluding carboxylic acids is 3. The van der Waals surface area contributed by atoms with E-state index in [0.717, 1.165) is 42.5 Å². The van der Waals surface area contributed by atoms with Crippen LogP contribution in [0.2, 0.25) is 0 Å². The van der Waals surface area contributed by atoms with Gasteiger partial charge in [-0.1, -0.05) is 93.5 Å². The van der Waals surface area contributed by atoms with E-state index in [1.165, 1.54) is 16.7 Å². The number of aryl methyl sites for hydroxylation is 2. The number of nitrogens with one attached hydrogen (secondary N) is 1. The van der Waals surface area contributed by atoms with Crippen LogP contribution >= 0.6 is 24.0 Å². The molecule has 2 aliphatic rings. The van der Waals surface area contributed by atoms with E-state index in [2.05, 4.69) is 19.2 Å². The molecular formula is C29H33N3O3S2. The van der Waals surface area contributed by atoms with Crippen LogP contribution in [0.15, 0.2) is 47.4 Å². The first kappa shape index (κ1) is 27.1. The largest absolute Gasteiger partial charge is 0.324 e. The second-order valence-electron chi connectivity index (χ2n) is 9.63. The van der Waals surface area contributed by atoms with Gasteiger partial charge >= 0.3 is 0 Å². The first-order chi connectivity index (χ1) is 17.8. The molecule has 0 aliphatic carbocycles. The van der Waals surface area contributed by atoms with Crippen LogP contribution in [0, 0.1) is 19.8 Å². The van der Waals surface area contributed by atoms with Crippen molar-refractivity contribution in [3.63, 3.8) is 0 Å². The average molecular weight is 536 g/mol. The molecule has 1 fully saturated rings. The number of thiocarbonyl (C=S) groups is 1. The molecule has 1 N–H and O–H groups in total. The fraction of sp³-hybridized carbons (Fsp3) is 0.379. The van der Waals surface area contributed by atoms with Crippen molar-refractivity contribution in [3.05, 3.63) is 64.1 Å². The summed E-state index contributed by atoms with van der Waals surface area (Å²) in [6.07, 6.45) is 4.23. The summed E-state index contributed by atoms with van der Waals surface area (Å²) in [7, 11) is 0. The van der Waals surface area contributed by atoms with Gasteiger partial charge < -0.3 is 5.32 Å². The molecule has 0 bridgehead atoms. The number of carbonyl (C=O) groups is 3. The Morgan fingerprint density at radius 3 is 2.38 bits per heavy atom. The Kier molecular flexibility index (Phi) is 8.49. The number of thioether (sulfide) groups is 1. The molecule has 4 rings (SSSR count). The van der Waals surface area contributed by atoms with Crippen LogP contribution in [-0.2, 0) is 14.4 Å². The number of nitrogens with zero attached hydrogens (tertiary/aromatic N) is 2. The number of para-hydroxylation sites is 2. The predicted octanol–water partition coefficient (Wildman–Crippen LogP) is 6.08. The second kappa shape index (κ2) is 11.6. The number of unbranched alkanes of at least 4 members (excludes halogenated alkanes) is 1. The molecule has 0 radical (unpaired) electrons. The molecule has 6 nitrogen and oxygen atoms in total. The summed E-state index contributed by atoms with van der Waals surface area (Å²) in [5.41, 5.74) is 4.27. The van der Waals surface area contributed by atoms with Gasteiger partial charge in [-0.3, -0.25) is 24.2 Å². The van der Waals surface area contributed by atoms with Gasteiger partial charge in [-0.2, -0.15) is 0 Å². The van der Waals surface area contributed by atoms with Gasteiger partial charge in [0.2, 0.25) is 5.91 Å². The molecule has 0 spiro atoms. The predicted molar refractivity (Wildman–Crippen MR) is 155 cm³/mol. The fourth-order valence-corrected chi connectivity index (χ4v) is 6.22. The third-order valence-electron chi connectivity index (χ3n) is 7.03. The normalized spacial score (nSPS) is 18.0. The van der Waals surface area contributed by atoms with Gasteiger partial charge in [0.25, 0.3) is 11.8 Å². The molecule has 2 aliphatic heterocycles. The molecular weight excluding hydrogens is 502 g/mol. The smallest absolute Gasteiger partial charge is 0.267 e. The van der Waals surface area contributed by atoms with Crippen molar-refractivity contribution in [3.8, 4) is 0 Å². The Morgan fingerprint density at radius 1 is 1.00 bits per heavy atom. The van der Waals surface area contributed by atoms with Crippen molar-refractivity contribution in [2.75, 3.05) is 23.3 Å². The summed E-state index contributed by atoms with van der Waals surface area (Å²) in [6, 6.07) is 13.1. The van der Waals surface area contributed by atoms with E-state index in [1.807, 2.05) is 56.3 Å². The number of fused-ring (bicyclic) bond motifs is 1. The van der Waals surface area contributed by atoms with Gasteiger partial charge in [0.1, 0.15) is 10.9 Å². The first-order valence-electron chi connectivity index (χ1n) is 12.8. The van der Waals surface area contributed by atoms with Crippen LogP contribution in [0.3, 0.4) is 0 Å². The second-order valence-corrected chi connectivity index (χ2v) is 11.3. The van der Waals surface area contributed by atoms with Crippen LogP contribution in [0.1, 0.15) is 56.2 Å². The van der Waals surface area contributed by atoms with Gasteiger partial charge in [-0.05, 0) is 43.4 Å². The van der Waals surface area contributed by atoms with Crippen molar-refractivity contribution in [2.45, 2.75) is 53.4 Å². The van der Waals surface area contributed by atoms with Crippen molar-refractivity contribution in [1.29, 1.82) is 0 Å². The SMILES string of the molecule is CCCCC(CC)CN1C(=O)/C(=C2/C(=O)N(CC(=O)Nc3c(C)cccc3C)c3ccccc32)SC1=S. The summed E-state index contributed by atoms with van der Waals surface area (Å²) in [5, 5.41) is 2.96. The van der Waals surface area contributed by atoms with Gasteiger partial charge in [0.05, 0.1) is 16.2 Å². The highest BCUT2D eigenvalue weighted by Crippen LogP contribution is 2.44. The molecule has 1 saturated heterocycles. The van der Waals surface area contributed by atoms with E-state index in [1.54, 1.807) is 4.90 Å². The maximum atomic E-state index is 13.7. The van der Waals surface area contributed by atoms with Crippen molar-refractivity contribution >= 4 is 63.0 Å². The summed E-state index contributed by atoms with van der Waals surface area (Å²) < 4.78 is 0.485. The monoisotopic (exact) mass is 535 g/mol. The van der Waals surface area contributed by atoms with E-state index in [0.29, 0.717) is 38.5 Å². The minimum Gasteiger partial charge on any atom is -0.324 e. The van der Waals surface area contributed by atoms with Gasteiger partial charge in [-0.25, -0.2) is 0 Å². The lowest BCUT2D eigenvalue weighted by Crippen LogP contribution is -2.36. The van der Waals surface area contributed by atoms with E-state index in [-0.39, 0.29) is 24.3 Å². The lowest BCUT2D eigenvalue weighted by atomic mass is 9.98. The molecule has 8 heteroatoms. The van der Waals surface area contributed by atoms with Crippen LogP contribution in [0.4, 0.5) is 11.4 Å². The third-order valence-corrected chi connectivity index (χ3v) is 8.48. The molecule has 0 aromatic heterocycles. The van der Waals surface area contributed by atoms with Crippen LogP contribution in [0.25, 0.3) is 5.57 Å². The zero-order valence-corrected chi connectivity index (χ0v) is 23.4. The summed E-state index contributed by atoms with van der Waals surface area (Å²) in [4.78, 5) is 43.7. The van der Waals surface area contributed by atoms with Crippen LogP contribution in [0.5, 0.6) is 0 Å². The summed E-state index contributed by atoms with van der Waals surface area (Å²) in [6.45, 7) is 8.58. The number of benzene rings is 2. The average Bonchev–Trinajstić information content (AvgIpc) is 3.31. The van der Waals surface area contributed by atoms with Gasteiger partial charge in [0, 0.05) is 17.8 Å². The minimum absolute atomic E-state index is 0.150. The number of hydrogen-bond donors (Lipinski definition) is 1. The Balaban J connectivity index is 1.60. The molecule has 2 heterocycles. The molecule has 1 atom stereocenters. The minimum atomic E-state index is -0.351. The van der Waals surface area contributed by atoms with E-state index in [9.17, 15) is 14.4 Å². The highest BCUT2D eigenvalue weighted by atomic mass is 32.2. The first-order valence-corrected chi connectivity index (χ1v) is 14.0. The Labute approximate surface area is 228 Å². The summed E-state index contributed by atoms with van der Waals surface area (Å²) in [5.74, 6) is -0.499. The zero-order valence-electron chi connectivity index (χ0n) is 21.8. The molecule has 194 valence electrons. The lowest BCUT2D eigenvalue weighted by molar-refractivity contribution is -0.123.